The van der Waals surface area contributed by atoms with E-state index in [-0.39, 0.29) is 6.04 Å². The molecule has 2 rings (SSSR count). The van der Waals surface area contributed by atoms with Gasteiger partial charge in [0.05, 0.1) is 6.04 Å². The van der Waals surface area contributed by atoms with Crippen LogP contribution in [0, 0.1) is 6.92 Å². The average Bonchev–Trinajstić information content (AvgIpc) is 2.40. The Morgan fingerprint density at radius 2 is 1.90 bits per heavy atom. The number of nitrogens with one attached hydrogen (secondary N) is 1. The Kier molecular flexibility index (Phi) is 5.36. The Balaban J connectivity index is 2.31. The first-order valence-corrected chi connectivity index (χ1v) is 8.03. The molecule has 1 N–H and O–H groups in total. The van der Waals surface area contributed by atoms with Gasteiger partial charge in [0, 0.05) is 20.2 Å². The summed E-state index contributed by atoms with van der Waals surface area (Å²) in [6.07, 6.45) is 0.938. The molecule has 0 aliphatic carbocycles. The van der Waals surface area contributed by atoms with E-state index in [4.69, 9.17) is 23.2 Å². The van der Waals surface area contributed by atoms with Crippen LogP contribution in [0.25, 0.3) is 0 Å². The van der Waals surface area contributed by atoms with Gasteiger partial charge in [0.25, 0.3) is 0 Å². The molecular formula is C16H16BrCl2N. The van der Waals surface area contributed by atoms with Crippen LogP contribution in [0.15, 0.2) is 40.9 Å². The summed E-state index contributed by atoms with van der Waals surface area (Å²) >= 11 is 15.8. The summed E-state index contributed by atoms with van der Waals surface area (Å²) in [5, 5.41) is 4.91. The molecule has 0 amide bonds. The topological polar surface area (TPSA) is 12.0 Å². The number of aryl methyl sites for hydroxylation is 1. The summed E-state index contributed by atoms with van der Waals surface area (Å²) in [6, 6.07) is 12.0. The van der Waals surface area contributed by atoms with Crippen molar-refractivity contribution in [1.29, 1.82) is 0 Å². The summed E-state index contributed by atoms with van der Waals surface area (Å²) in [4.78, 5) is 0. The van der Waals surface area contributed by atoms with Crippen molar-refractivity contribution in [2.24, 2.45) is 0 Å². The van der Waals surface area contributed by atoms with Crippen LogP contribution in [0.5, 0.6) is 0 Å². The van der Waals surface area contributed by atoms with Gasteiger partial charge in [-0.05, 0) is 48.7 Å². The predicted octanol–water partition coefficient (Wildman–Crippen LogP) is 6.63. The fourth-order valence-electron chi connectivity index (χ4n) is 2.12. The summed E-state index contributed by atoms with van der Waals surface area (Å²) in [5.41, 5.74) is 3.38. The molecule has 0 aliphatic heterocycles. The first-order valence-electron chi connectivity index (χ1n) is 6.49. The van der Waals surface area contributed by atoms with E-state index < -0.39 is 0 Å². The maximum absolute atomic E-state index is 6.31. The molecule has 0 saturated carbocycles. The molecule has 0 heterocycles. The van der Waals surface area contributed by atoms with Gasteiger partial charge in [-0.3, -0.25) is 0 Å². The third kappa shape index (κ3) is 3.69. The van der Waals surface area contributed by atoms with Crippen LogP contribution in [0.1, 0.15) is 30.5 Å². The second-order valence-corrected chi connectivity index (χ2v) is 6.49. The average molecular weight is 373 g/mol. The minimum absolute atomic E-state index is 0.160. The van der Waals surface area contributed by atoms with Crippen LogP contribution >= 0.6 is 39.1 Å². The summed E-state index contributed by atoms with van der Waals surface area (Å²) < 4.78 is 1.06. The van der Waals surface area contributed by atoms with E-state index in [1.165, 1.54) is 5.56 Å². The SMILES string of the molecule is CCC(Nc1cc(Br)ccc1C)c1ccc(Cl)cc1Cl. The Morgan fingerprint density at radius 1 is 1.15 bits per heavy atom. The number of hydrogen-bond donors (Lipinski definition) is 1. The maximum Gasteiger partial charge on any atom is 0.0526 e. The number of rotatable bonds is 4. The summed E-state index contributed by atoms with van der Waals surface area (Å²) in [5.74, 6) is 0. The van der Waals surface area contributed by atoms with Crippen molar-refractivity contribution in [1.82, 2.24) is 0 Å². The molecule has 0 bridgehead atoms. The number of anilines is 1. The highest BCUT2D eigenvalue weighted by molar-refractivity contribution is 9.10. The van der Waals surface area contributed by atoms with Crippen molar-refractivity contribution < 1.29 is 0 Å². The molecule has 0 saturated heterocycles. The number of benzene rings is 2. The van der Waals surface area contributed by atoms with Gasteiger partial charge < -0.3 is 5.32 Å². The van der Waals surface area contributed by atoms with Crippen molar-refractivity contribution in [3.63, 3.8) is 0 Å². The van der Waals surface area contributed by atoms with Gasteiger partial charge in [0.1, 0.15) is 0 Å². The van der Waals surface area contributed by atoms with Gasteiger partial charge >= 0.3 is 0 Å². The first kappa shape index (κ1) is 15.7. The molecule has 1 atom stereocenters. The zero-order valence-electron chi connectivity index (χ0n) is 11.4. The minimum Gasteiger partial charge on any atom is -0.378 e. The molecule has 0 aliphatic rings. The van der Waals surface area contributed by atoms with Gasteiger partial charge in [-0.2, -0.15) is 0 Å². The molecule has 1 unspecified atom stereocenters. The van der Waals surface area contributed by atoms with Gasteiger partial charge in [0.15, 0.2) is 0 Å². The highest BCUT2D eigenvalue weighted by atomic mass is 79.9. The largest absolute Gasteiger partial charge is 0.378 e. The lowest BCUT2D eigenvalue weighted by Gasteiger charge is -2.21. The molecule has 0 radical (unpaired) electrons. The van der Waals surface area contributed by atoms with Crippen LogP contribution in [0.4, 0.5) is 5.69 Å². The van der Waals surface area contributed by atoms with Crippen molar-refractivity contribution in [2.75, 3.05) is 5.32 Å². The highest BCUT2D eigenvalue weighted by Crippen LogP contribution is 2.32. The number of hydrogen-bond acceptors (Lipinski definition) is 1. The molecule has 20 heavy (non-hydrogen) atoms. The standard InChI is InChI=1S/C16H16BrCl2N/c1-3-15(13-7-6-12(18)9-14(13)19)20-16-8-11(17)5-4-10(16)2/h4-9,15,20H,3H2,1-2H3. The van der Waals surface area contributed by atoms with E-state index in [0.29, 0.717) is 10.0 Å². The van der Waals surface area contributed by atoms with Crippen molar-refractivity contribution >= 4 is 44.8 Å². The van der Waals surface area contributed by atoms with E-state index in [9.17, 15) is 0 Å². The first-order chi connectivity index (χ1) is 9.51. The molecule has 4 heteroatoms. The molecule has 106 valence electrons. The lowest BCUT2D eigenvalue weighted by Crippen LogP contribution is -2.11. The lowest BCUT2D eigenvalue weighted by atomic mass is 10.0. The monoisotopic (exact) mass is 371 g/mol. The van der Waals surface area contributed by atoms with Gasteiger partial charge in [-0.25, -0.2) is 0 Å². The Hall–Kier alpha value is -0.700. The molecule has 1 nitrogen and oxygen atoms in total. The third-order valence-corrected chi connectivity index (χ3v) is 4.33. The van der Waals surface area contributed by atoms with E-state index in [2.05, 4.69) is 47.2 Å². The van der Waals surface area contributed by atoms with Crippen LogP contribution in [0.3, 0.4) is 0 Å². The van der Waals surface area contributed by atoms with Gasteiger partial charge in [-0.15, -0.1) is 0 Å². The predicted molar refractivity (Wildman–Crippen MR) is 92.0 cm³/mol. The quantitative estimate of drug-likeness (QED) is 0.635. The van der Waals surface area contributed by atoms with E-state index >= 15 is 0 Å². The van der Waals surface area contributed by atoms with Crippen LogP contribution < -0.4 is 5.32 Å². The van der Waals surface area contributed by atoms with E-state index in [1.54, 1.807) is 6.07 Å². The minimum atomic E-state index is 0.160. The third-order valence-electron chi connectivity index (χ3n) is 3.28. The Bertz CT molecular complexity index is 613. The van der Waals surface area contributed by atoms with Crippen LogP contribution in [-0.4, -0.2) is 0 Å². The molecule has 0 fully saturated rings. The van der Waals surface area contributed by atoms with Gasteiger partial charge in [-0.1, -0.05) is 58.2 Å². The van der Waals surface area contributed by atoms with Crippen LogP contribution in [0.2, 0.25) is 10.0 Å². The van der Waals surface area contributed by atoms with Crippen molar-refractivity contribution in [3.05, 3.63) is 62.0 Å². The Labute approximate surface area is 138 Å². The Morgan fingerprint density at radius 3 is 2.55 bits per heavy atom. The zero-order valence-corrected chi connectivity index (χ0v) is 14.5. The maximum atomic E-state index is 6.31. The lowest BCUT2D eigenvalue weighted by molar-refractivity contribution is 0.748. The second kappa shape index (κ2) is 6.84. The van der Waals surface area contributed by atoms with E-state index in [1.807, 2.05) is 18.2 Å². The molecule has 0 aromatic heterocycles. The smallest absolute Gasteiger partial charge is 0.0526 e. The van der Waals surface area contributed by atoms with E-state index in [0.717, 1.165) is 22.1 Å². The summed E-state index contributed by atoms with van der Waals surface area (Å²) in [7, 11) is 0. The number of halogens is 3. The zero-order chi connectivity index (χ0) is 14.7. The fraction of sp³-hybridized carbons (Fsp3) is 0.250. The normalized spacial score (nSPS) is 12.2. The van der Waals surface area contributed by atoms with Crippen molar-refractivity contribution in [2.45, 2.75) is 26.3 Å². The highest BCUT2D eigenvalue weighted by Gasteiger charge is 2.14. The fourth-order valence-corrected chi connectivity index (χ4v) is 3.02. The molecule has 2 aromatic carbocycles. The van der Waals surface area contributed by atoms with Gasteiger partial charge in [0.2, 0.25) is 0 Å². The second-order valence-electron chi connectivity index (χ2n) is 4.73. The molecule has 0 spiro atoms. The van der Waals surface area contributed by atoms with Crippen LogP contribution in [-0.2, 0) is 0 Å². The summed E-state index contributed by atoms with van der Waals surface area (Å²) in [6.45, 7) is 4.22. The van der Waals surface area contributed by atoms with Crippen molar-refractivity contribution in [3.8, 4) is 0 Å². The molecule has 2 aromatic rings. The molecular weight excluding hydrogens is 357 g/mol.